The predicted octanol–water partition coefficient (Wildman–Crippen LogP) is 4.00. The minimum Gasteiger partial charge on any atom is -0.381 e. The van der Waals surface area contributed by atoms with Crippen LogP contribution >= 0.6 is 15.9 Å². The van der Waals surface area contributed by atoms with Crippen molar-refractivity contribution in [2.45, 2.75) is 44.9 Å². The Morgan fingerprint density at radius 1 is 1.12 bits per heavy atom. The highest BCUT2D eigenvalue weighted by Gasteiger charge is 2.43. The first-order valence-corrected chi connectivity index (χ1v) is 8.07. The topological polar surface area (TPSA) is 9.23 Å². The van der Waals surface area contributed by atoms with E-state index in [1.807, 2.05) is 0 Å². The lowest BCUT2D eigenvalue weighted by atomic mass is 9.71. The van der Waals surface area contributed by atoms with Crippen LogP contribution in [0.15, 0.2) is 0 Å². The van der Waals surface area contributed by atoms with Crippen molar-refractivity contribution in [3.63, 3.8) is 0 Å². The second-order valence-corrected chi connectivity index (χ2v) is 6.95. The van der Waals surface area contributed by atoms with Gasteiger partial charge in [0.25, 0.3) is 0 Å². The van der Waals surface area contributed by atoms with Crippen molar-refractivity contribution in [3.8, 4) is 0 Å². The molecule has 3 rings (SSSR count). The van der Waals surface area contributed by atoms with Gasteiger partial charge in [0.05, 0.1) is 0 Å². The lowest BCUT2D eigenvalue weighted by molar-refractivity contribution is 0.0103. The van der Waals surface area contributed by atoms with Crippen LogP contribution < -0.4 is 0 Å². The van der Waals surface area contributed by atoms with Crippen molar-refractivity contribution in [1.29, 1.82) is 0 Å². The molecule has 2 aliphatic carbocycles. The first kappa shape index (κ1) is 11.5. The summed E-state index contributed by atoms with van der Waals surface area (Å²) in [6.45, 7) is 1.98. The molecule has 0 aromatic rings. The molecule has 2 saturated carbocycles. The van der Waals surface area contributed by atoms with E-state index in [-0.39, 0.29) is 0 Å². The number of ether oxygens (including phenoxy) is 1. The average Bonchev–Trinajstić information content (AvgIpc) is 2.92. The summed E-state index contributed by atoms with van der Waals surface area (Å²) in [6, 6.07) is 0. The standard InChI is InChI=1S/C14H23BrO/c15-10-14(3-5-16-6-4-14)9-13-8-11-1-2-12(13)7-11/h11-13H,1-10H2. The van der Waals surface area contributed by atoms with Gasteiger partial charge in [-0.1, -0.05) is 22.4 Å². The zero-order valence-electron chi connectivity index (χ0n) is 10.1. The Hall–Kier alpha value is 0.440. The second kappa shape index (κ2) is 4.61. The summed E-state index contributed by atoms with van der Waals surface area (Å²) in [5, 5.41) is 1.19. The van der Waals surface area contributed by atoms with Crippen molar-refractivity contribution in [1.82, 2.24) is 0 Å². The third-order valence-corrected chi connectivity index (χ3v) is 6.61. The van der Waals surface area contributed by atoms with E-state index in [0.29, 0.717) is 5.41 Å². The molecule has 1 aliphatic heterocycles. The van der Waals surface area contributed by atoms with Crippen LogP contribution in [0, 0.1) is 23.2 Å². The molecule has 1 heterocycles. The Morgan fingerprint density at radius 2 is 1.94 bits per heavy atom. The van der Waals surface area contributed by atoms with Crippen molar-refractivity contribution in [2.75, 3.05) is 18.5 Å². The van der Waals surface area contributed by atoms with Crippen molar-refractivity contribution in [3.05, 3.63) is 0 Å². The predicted molar refractivity (Wildman–Crippen MR) is 69.8 cm³/mol. The van der Waals surface area contributed by atoms with Gasteiger partial charge in [-0.15, -0.1) is 0 Å². The maximum atomic E-state index is 5.53. The highest BCUT2D eigenvalue weighted by Crippen LogP contribution is 2.53. The van der Waals surface area contributed by atoms with Gasteiger partial charge in [0.15, 0.2) is 0 Å². The van der Waals surface area contributed by atoms with Gasteiger partial charge in [0.1, 0.15) is 0 Å². The van der Waals surface area contributed by atoms with Gasteiger partial charge in [0.2, 0.25) is 0 Å². The maximum absolute atomic E-state index is 5.53. The van der Waals surface area contributed by atoms with E-state index in [2.05, 4.69) is 15.9 Å². The van der Waals surface area contributed by atoms with Gasteiger partial charge in [-0.2, -0.15) is 0 Å². The second-order valence-electron chi connectivity index (χ2n) is 6.39. The fourth-order valence-electron chi connectivity index (χ4n) is 4.38. The lowest BCUT2D eigenvalue weighted by Crippen LogP contribution is -2.34. The zero-order chi connectivity index (χ0) is 11.0. The van der Waals surface area contributed by atoms with E-state index in [1.54, 1.807) is 12.8 Å². The summed E-state index contributed by atoms with van der Waals surface area (Å²) in [6.07, 6.45) is 10.2. The summed E-state index contributed by atoms with van der Waals surface area (Å²) < 4.78 is 5.53. The SMILES string of the molecule is BrCC1(CC2CC3CCC2C3)CCOCC1. The molecule has 1 saturated heterocycles. The summed E-state index contributed by atoms with van der Waals surface area (Å²) in [7, 11) is 0. The molecule has 0 amide bonds. The monoisotopic (exact) mass is 286 g/mol. The van der Waals surface area contributed by atoms with Crippen LogP contribution in [-0.4, -0.2) is 18.5 Å². The Kier molecular flexibility index (Phi) is 3.32. The van der Waals surface area contributed by atoms with Crippen molar-refractivity contribution < 1.29 is 4.74 Å². The van der Waals surface area contributed by atoms with Crippen LogP contribution in [0.2, 0.25) is 0 Å². The maximum Gasteiger partial charge on any atom is 0.0471 e. The molecular formula is C14H23BrO. The molecule has 0 aromatic carbocycles. The molecule has 2 heteroatoms. The first-order valence-electron chi connectivity index (χ1n) is 6.95. The number of hydrogen-bond acceptors (Lipinski definition) is 1. The number of fused-ring (bicyclic) bond motifs is 2. The van der Waals surface area contributed by atoms with Crippen LogP contribution in [0.3, 0.4) is 0 Å². The third-order valence-electron chi connectivity index (χ3n) is 5.42. The molecule has 3 aliphatic rings. The van der Waals surface area contributed by atoms with Crippen LogP contribution in [0.4, 0.5) is 0 Å². The minimum atomic E-state index is 0.577. The van der Waals surface area contributed by atoms with Crippen LogP contribution in [0.25, 0.3) is 0 Å². The van der Waals surface area contributed by atoms with E-state index in [1.165, 1.54) is 37.4 Å². The summed E-state index contributed by atoms with van der Waals surface area (Å²) in [5.74, 6) is 3.24. The third kappa shape index (κ3) is 2.08. The molecular weight excluding hydrogens is 264 g/mol. The van der Waals surface area contributed by atoms with E-state index < -0.39 is 0 Å². The largest absolute Gasteiger partial charge is 0.381 e. The lowest BCUT2D eigenvalue weighted by Gasteiger charge is -2.39. The summed E-state index contributed by atoms with van der Waals surface area (Å²) in [5.41, 5.74) is 0.577. The molecule has 0 radical (unpaired) electrons. The Morgan fingerprint density at radius 3 is 2.50 bits per heavy atom. The van der Waals surface area contributed by atoms with Crippen molar-refractivity contribution >= 4 is 15.9 Å². The van der Waals surface area contributed by atoms with E-state index >= 15 is 0 Å². The van der Waals surface area contributed by atoms with Gasteiger partial charge in [0, 0.05) is 18.5 Å². The van der Waals surface area contributed by atoms with Gasteiger partial charge >= 0.3 is 0 Å². The van der Waals surface area contributed by atoms with Crippen LogP contribution in [0.5, 0.6) is 0 Å². The number of alkyl halides is 1. The highest BCUT2D eigenvalue weighted by atomic mass is 79.9. The Labute approximate surface area is 107 Å². The first-order chi connectivity index (χ1) is 7.81. The molecule has 16 heavy (non-hydrogen) atoms. The number of halogens is 1. The Bertz CT molecular complexity index is 247. The highest BCUT2D eigenvalue weighted by molar-refractivity contribution is 9.09. The molecule has 3 fully saturated rings. The smallest absolute Gasteiger partial charge is 0.0471 e. The number of rotatable bonds is 3. The normalized spacial score (nSPS) is 41.4. The molecule has 0 spiro atoms. The van der Waals surface area contributed by atoms with Gasteiger partial charge in [-0.3, -0.25) is 0 Å². The fraction of sp³-hybridized carbons (Fsp3) is 1.00. The minimum absolute atomic E-state index is 0.577. The van der Waals surface area contributed by atoms with E-state index in [4.69, 9.17) is 4.74 Å². The summed E-state index contributed by atoms with van der Waals surface area (Å²) in [4.78, 5) is 0. The van der Waals surface area contributed by atoms with E-state index in [9.17, 15) is 0 Å². The Balaban J connectivity index is 1.63. The molecule has 0 aromatic heterocycles. The zero-order valence-corrected chi connectivity index (χ0v) is 11.7. The van der Waals surface area contributed by atoms with Crippen molar-refractivity contribution in [2.24, 2.45) is 23.2 Å². The molecule has 1 nitrogen and oxygen atoms in total. The van der Waals surface area contributed by atoms with Gasteiger partial charge in [-0.05, 0) is 61.7 Å². The molecule has 3 unspecified atom stereocenters. The van der Waals surface area contributed by atoms with Crippen LogP contribution in [-0.2, 0) is 4.74 Å². The fourth-order valence-corrected chi connectivity index (χ4v) is 5.17. The average molecular weight is 287 g/mol. The molecule has 92 valence electrons. The molecule has 2 bridgehead atoms. The van der Waals surface area contributed by atoms with Gasteiger partial charge in [-0.25, -0.2) is 0 Å². The number of hydrogen-bond donors (Lipinski definition) is 0. The quantitative estimate of drug-likeness (QED) is 0.713. The van der Waals surface area contributed by atoms with Crippen LogP contribution in [0.1, 0.15) is 44.9 Å². The summed E-state index contributed by atoms with van der Waals surface area (Å²) >= 11 is 3.77. The molecule has 3 atom stereocenters. The van der Waals surface area contributed by atoms with Gasteiger partial charge < -0.3 is 4.74 Å². The molecule has 0 N–H and O–H groups in total. The van der Waals surface area contributed by atoms with E-state index in [0.717, 1.165) is 31.0 Å².